The number of non-ortho nitro benzene ring substituents is 1. The Bertz CT molecular complexity index is 1290. The van der Waals surface area contributed by atoms with E-state index in [2.05, 4.69) is 40.2 Å². The lowest BCUT2D eigenvalue weighted by Gasteiger charge is -2.32. The van der Waals surface area contributed by atoms with Gasteiger partial charge in [0, 0.05) is 37.7 Å². The molecule has 212 valence electrons. The van der Waals surface area contributed by atoms with Crippen LogP contribution in [0, 0.1) is 16.0 Å². The Labute approximate surface area is 243 Å². The molecule has 1 unspecified atom stereocenters. The van der Waals surface area contributed by atoms with E-state index in [1.807, 2.05) is 16.7 Å². The number of aromatic nitrogens is 2. The highest BCUT2D eigenvalue weighted by molar-refractivity contribution is 6.40. The second-order valence-corrected chi connectivity index (χ2v) is 10.8. The molecule has 0 saturated carbocycles. The van der Waals surface area contributed by atoms with E-state index in [0.29, 0.717) is 28.3 Å². The summed E-state index contributed by atoms with van der Waals surface area (Å²) in [6, 6.07) is 16.4. The van der Waals surface area contributed by atoms with Crippen LogP contribution in [0.3, 0.4) is 0 Å². The maximum Gasteiger partial charge on any atom is 0.407 e. The number of allylic oxidation sites excluding steroid dienone is 1. The van der Waals surface area contributed by atoms with Gasteiger partial charge in [-0.15, -0.1) is 0 Å². The van der Waals surface area contributed by atoms with Crippen molar-refractivity contribution < 1.29 is 14.8 Å². The van der Waals surface area contributed by atoms with Crippen LogP contribution in [-0.2, 0) is 13.1 Å². The van der Waals surface area contributed by atoms with Crippen LogP contribution in [0.25, 0.3) is 0 Å². The van der Waals surface area contributed by atoms with Gasteiger partial charge in [-0.05, 0) is 55.9 Å². The van der Waals surface area contributed by atoms with Crippen molar-refractivity contribution in [1.29, 1.82) is 0 Å². The summed E-state index contributed by atoms with van der Waals surface area (Å²) in [5.41, 5.74) is 1.96. The van der Waals surface area contributed by atoms with Crippen molar-refractivity contribution in [2.75, 3.05) is 26.2 Å². The molecule has 40 heavy (non-hydrogen) atoms. The topological polar surface area (TPSA) is 105 Å². The van der Waals surface area contributed by atoms with Crippen LogP contribution in [0.1, 0.15) is 36.3 Å². The molecular weight excluding hydrogens is 553 g/mol. The first-order valence-corrected chi connectivity index (χ1v) is 14.1. The van der Waals surface area contributed by atoms with Crippen molar-refractivity contribution in [3.8, 4) is 0 Å². The quantitative estimate of drug-likeness (QED) is 0.144. The molecule has 1 amide bonds. The normalized spacial score (nSPS) is 15.3. The molecule has 0 spiro atoms. The molecule has 3 aromatic rings. The summed E-state index contributed by atoms with van der Waals surface area (Å²) in [6.45, 7) is 4.10. The number of nitro benzene ring substituents is 1. The molecular formula is C29H33Cl2N5O4. The Hall–Kier alpha value is -3.40. The number of amides is 1. The minimum absolute atomic E-state index is 0.0139. The maximum atomic E-state index is 11.7. The van der Waals surface area contributed by atoms with Gasteiger partial charge in [0.25, 0.3) is 5.69 Å². The first-order valence-electron chi connectivity index (χ1n) is 13.3. The van der Waals surface area contributed by atoms with Crippen LogP contribution in [0.5, 0.6) is 0 Å². The molecule has 1 aliphatic rings. The highest BCUT2D eigenvalue weighted by Gasteiger charge is 2.21. The standard InChI is InChI=1S/C29H33Cl2N5O4/c30-27-28(31)35(21-32-27)20-25(24-6-2-1-3-7-24)14-18-33-16-12-22(13-17-33)5-4-15-34(29(37)38)19-23-8-10-26(11-9-23)36(39)40/h1-11,21-22,25H,12-20H2,(H,37,38). The van der Waals surface area contributed by atoms with Gasteiger partial charge in [0.2, 0.25) is 0 Å². The van der Waals surface area contributed by atoms with Crippen molar-refractivity contribution in [1.82, 2.24) is 19.4 Å². The van der Waals surface area contributed by atoms with Gasteiger partial charge in [-0.25, -0.2) is 9.78 Å². The predicted octanol–water partition coefficient (Wildman–Crippen LogP) is 6.72. The number of nitro groups is 1. The van der Waals surface area contributed by atoms with Gasteiger partial charge in [-0.2, -0.15) is 0 Å². The molecule has 1 saturated heterocycles. The molecule has 1 aromatic heterocycles. The third-order valence-corrected chi connectivity index (χ3v) is 8.14. The van der Waals surface area contributed by atoms with Crippen molar-refractivity contribution in [2.45, 2.75) is 38.3 Å². The number of benzene rings is 2. The fourth-order valence-corrected chi connectivity index (χ4v) is 5.35. The Balaban J connectivity index is 1.25. The third kappa shape index (κ3) is 8.30. The Kier molecular flexibility index (Phi) is 10.6. The van der Waals surface area contributed by atoms with E-state index in [4.69, 9.17) is 23.2 Å². The highest BCUT2D eigenvalue weighted by Crippen LogP contribution is 2.28. The Morgan fingerprint density at radius 3 is 2.45 bits per heavy atom. The maximum absolute atomic E-state index is 11.7. The number of hydrogen-bond donors (Lipinski definition) is 1. The van der Waals surface area contributed by atoms with Crippen molar-refractivity contribution in [2.24, 2.45) is 5.92 Å². The van der Waals surface area contributed by atoms with E-state index in [1.54, 1.807) is 18.5 Å². The Morgan fingerprint density at radius 1 is 1.15 bits per heavy atom. The van der Waals surface area contributed by atoms with Crippen LogP contribution in [0.2, 0.25) is 10.3 Å². The van der Waals surface area contributed by atoms with E-state index in [1.165, 1.54) is 22.6 Å². The van der Waals surface area contributed by atoms with E-state index >= 15 is 0 Å². The molecule has 2 heterocycles. The summed E-state index contributed by atoms with van der Waals surface area (Å²) in [5.74, 6) is 0.683. The zero-order valence-electron chi connectivity index (χ0n) is 22.1. The molecule has 1 atom stereocenters. The number of likely N-dealkylation sites (tertiary alicyclic amines) is 1. The second kappa shape index (κ2) is 14.3. The first kappa shape index (κ1) is 29.6. The smallest absolute Gasteiger partial charge is 0.407 e. The molecule has 0 radical (unpaired) electrons. The lowest BCUT2D eigenvalue weighted by Crippen LogP contribution is -2.35. The fraction of sp³-hybridized carbons (Fsp3) is 0.379. The zero-order chi connectivity index (χ0) is 28.5. The molecule has 1 aliphatic heterocycles. The third-order valence-electron chi connectivity index (χ3n) is 7.37. The summed E-state index contributed by atoms with van der Waals surface area (Å²) in [7, 11) is 0. The monoisotopic (exact) mass is 585 g/mol. The van der Waals surface area contributed by atoms with Crippen LogP contribution in [-0.4, -0.2) is 61.7 Å². The molecule has 11 heteroatoms. The molecule has 9 nitrogen and oxygen atoms in total. The van der Waals surface area contributed by atoms with E-state index in [-0.39, 0.29) is 24.7 Å². The van der Waals surface area contributed by atoms with Gasteiger partial charge < -0.3 is 19.5 Å². The molecule has 1 N–H and O–H groups in total. The van der Waals surface area contributed by atoms with Gasteiger partial charge in [-0.3, -0.25) is 10.1 Å². The molecule has 2 aromatic carbocycles. The first-order chi connectivity index (χ1) is 19.3. The van der Waals surface area contributed by atoms with Crippen LogP contribution in [0.4, 0.5) is 10.5 Å². The molecule has 1 fully saturated rings. The highest BCUT2D eigenvalue weighted by atomic mass is 35.5. The lowest BCUT2D eigenvalue weighted by molar-refractivity contribution is -0.384. The summed E-state index contributed by atoms with van der Waals surface area (Å²) in [6.07, 6.45) is 7.73. The summed E-state index contributed by atoms with van der Waals surface area (Å²) in [5, 5.41) is 21.2. The predicted molar refractivity (Wildman–Crippen MR) is 156 cm³/mol. The number of hydrogen-bond acceptors (Lipinski definition) is 5. The van der Waals surface area contributed by atoms with E-state index < -0.39 is 11.0 Å². The van der Waals surface area contributed by atoms with E-state index in [9.17, 15) is 20.0 Å². The van der Waals surface area contributed by atoms with Crippen LogP contribution >= 0.6 is 23.2 Å². The van der Waals surface area contributed by atoms with Gasteiger partial charge in [0.1, 0.15) is 5.15 Å². The summed E-state index contributed by atoms with van der Waals surface area (Å²) < 4.78 is 1.90. The number of halogens is 2. The SMILES string of the molecule is O=C(O)N(CC=CC1CCN(CCC(Cn2cnc(Cl)c2Cl)c2ccccc2)CC1)Cc1ccc([N+](=O)[O-])cc1. The summed E-state index contributed by atoms with van der Waals surface area (Å²) in [4.78, 5) is 30.0. The number of carbonyl (C=O) groups is 1. The zero-order valence-corrected chi connectivity index (χ0v) is 23.6. The second-order valence-electron chi connectivity index (χ2n) is 10.1. The minimum atomic E-state index is -1.02. The molecule has 0 bridgehead atoms. The lowest BCUT2D eigenvalue weighted by atomic mass is 9.93. The Morgan fingerprint density at radius 2 is 1.85 bits per heavy atom. The van der Waals surface area contributed by atoms with Gasteiger partial charge in [-0.1, -0.05) is 77.8 Å². The van der Waals surface area contributed by atoms with Gasteiger partial charge in [0.05, 0.1) is 11.3 Å². The molecule has 4 rings (SSSR count). The largest absolute Gasteiger partial charge is 0.465 e. The average molecular weight is 587 g/mol. The van der Waals surface area contributed by atoms with E-state index in [0.717, 1.165) is 38.9 Å². The number of carboxylic acid groups (broad SMARTS) is 1. The fourth-order valence-electron chi connectivity index (χ4n) is 5.04. The minimum Gasteiger partial charge on any atom is -0.465 e. The molecule has 0 aliphatic carbocycles. The van der Waals surface area contributed by atoms with Crippen molar-refractivity contribution in [3.63, 3.8) is 0 Å². The number of imidazole rings is 1. The average Bonchev–Trinajstić information content (AvgIpc) is 3.28. The van der Waals surface area contributed by atoms with Gasteiger partial charge in [0.15, 0.2) is 5.15 Å². The summed E-state index contributed by atoms with van der Waals surface area (Å²) >= 11 is 12.4. The number of nitrogens with zero attached hydrogens (tertiary/aromatic N) is 5. The van der Waals surface area contributed by atoms with Crippen LogP contribution < -0.4 is 0 Å². The van der Waals surface area contributed by atoms with Crippen LogP contribution in [0.15, 0.2) is 73.1 Å². The van der Waals surface area contributed by atoms with Crippen molar-refractivity contribution in [3.05, 3.63) is 105 Å². The van der Waals surface area contributed by atoms with Crippen molar-refractivity contribution >= 4 is 35.0 Å². The van der Waals surface area contributed by atoms with Gasteiger partial charge >= 0.3 is 6.09 Å². The number of piperidine rings is 1. The number of rotatable bonds is 12.